The Bertz CT molecular complexity index is 518. The maximum absolute atomic E-state index is 13.0. The van der Waals surface area contributed by atoms with Crippen LogP contribution in [-0.2, 0) is 9.36 Å². The molecule has 122 valence electrons. The second kappa shape index (κ2) is 8.32. The Morgan fingerprint density at radius 3 is 2.55 bits per heavy atom. The molecule has 1 aromatic rings. The molecule has 0 amide bonds. The summed E-state index contributed by atoms with van der Waals surface area (Å²) in [7, 11) is -3.33. The lowest BCUT2D eigenvalue weighted by atomic mass is 9.96. The minimum atomic E-state index is -3.33. The van der Waals surface area contributed by atoms with Crippen molar-refractivity contribution >= 4 is 13.6 Å². The summed E-state index contributed by atoms with van der Waals surface area (Å²) in [6.45, 7) is 0.0964. The Kier molecular flexibility index (Phi) is 6.43. The molecule has 0 radical (unpaired) electrons. The van der Waals surface area contributed by atoms with Crippen LogP contribution in [0.25, 0.3) is 0 Å². The fraction of sp³-hybridized carbons (Fsp3) is 0.533. The Morgan fingerprint density at radius 1 is 1.23 bits per heavy atom. The second-order valence-corrected chi connectivity index (χ2v) is 7.33. The molecule has 0 bridgehead atoms. The van der Waals surface area contributed by atoms with Crippen LogP contribution in [0.3, 0.4) is 0 Å². The second-order valence-electron chi connectivity index (χ2n) is 5.47. The van der Waals surface area contributed by atoms with Gasteiger partial charge in [-0.15, -0.1) is 0 Å². The van der Waals surface area contributed by atoms with Crippen molar-refractivity contribution in [3.63, 3.8) is 0 Å². The number of carboxylic acids is 1. The molecular weight excluding hydrogens is 303 g/mol. The summed E-state index contributed by atoms with van der Waals surface area (Å²) in [6.07, 6.45) is 5.24. The van der Waals surface area contributed by atoms with E-state index in [0.29, 0.717) is 5.75 Å². The van der Waals surface area contributed by atoms with Gasteiger partial charge in [0.15, 0.2) is 0 Å². The van der Waals surface area contributed by atoms with E-state index >= 15 is 0 Å². The minimum absolute atomic E-state index is 0.0964. The third-order valence-electron chi connectivity index (χ3n) is 3.59. The van der Waals surface area contributed by atoms with E-state index < -0.39 is 13.6 Å². The number of benzene rings is 1. The van der Waals surface area contributed by atoms with E-state index in [1.54, 1.807) is 24.3 Å². The summed E-state index contributed by atoms with van der Waals surface area (Å²) in [6, 6.07) is 9.06. The molecule has 3 N–H and O–H groups in total. The van der Waals surface area contributed by atoms with Gasteiger partial charge in [-0.1, -0.05) is 37.5 Å². The highest BCUT2D eigenvalue weighted by molar-refractivity contribution is 7.55. The van der Waals surface area contributed by atoms with Gasteiger partial charge in [0, 0.05) is 12.6 Å². The molecule has 1 aliphatic rings. The molecule has 1 unspecified atom stereocenters. The molecule has 22 heavy (non-hydrogen) atoms. The van der Waals surface area contributed by atoms with Crippen molar-refractivity contribution in [2.45, 2.75) is 44.6 Å². The maximum Gasteiger partial charge on any atom is 0.390 e. The first-order chi connectivity index (χ1) is 10.6. The van der Waals surface area contributed by atoms with Crippen molar-refractivity contribution in [3.05, 3.63) is 30.3 Å². The molecule has 1 saturated carbocycles. The van der Waals surface area contributed by atoms with Crippen LogP contribution < -0.4 is 14.7 Å². The largest absolute Gasteiger partial charge is 0.481 e. The fourth-order valence-electron chi connectivity index (χ4n) is 2.52. The zero-order chi connectivity index (χ0) is 15.8. The average molecular weight is 326 g/mol. The summed E-state index contributed by atoms with van der Waals surface area (Å²) in [5.74, 6) is -0.437. The number of aliphatic carboxylic acids is 1. The van der Waals surface area contributed by atoms with Gasteiger partial charge in [0.05, 0.1) is 6.42 Å². The van der Waals surface area contributed by atoms with E-state index in [1.807, 2.05) is 6.07 Å². The highest BCUT2D eigenvalue weighted by atomic mass is 31.2. The van der Waals surface area contributed by atoms with Crippen LogP contribution in [0.4, 0.5) is 0 Å². The molecule has 0 aromatic heterocycles. The average Bonchev–Trinajstić information content (AvgIpc) is 2.48. The van der Waals surface area contributed by atoms with Crippen LogP contribution in [0.15, 0.2) is 30.3 Å². The van der Waals surface area contributed by atoms with Crippen molar-refractivity contribution in [1.29, 1.82) is 0 Å². The summed E-state index contributed by atoms with van der Waals surface area (Å²) in [5.41, 5.74) is 0. The van der Waals surface area contributed by atoms with Gasteiger partial charge in [-0.3, -0.25) is 4.79 Å². The fourth-order valence-corrected chi connectivity index (χ4v) is 4.29. The number of nitrogens with one attached hydrogen (secondary N) is 2. The van der Waals surface area contributed by atoms with E-state index in [4.69, 9.17) is 9.63 Å². The van der Waals surface area contributed by atoms with E-state index in [-0.39, 0.29) is 19.0 Å². The smallest absolute Gasteiger partial charge is 0.390 e. The topological polar surface area (TPSA) is 87.7 Å². The van der Waals surface area contributed by atoms with Crippen molar-refractivity contribution in [2.75, 3.05) is 6.54 Å². The lowest BCUT2D eigenvalue weighted by molar-refractivity contribution is -0.136. The van der Waals surface area contributed by atoms with E-state index in [9.17, 15) is 9.36 Å². The SMILES string of the molecule is O=C(O)CCNP(=O)(NC1CCCCC1)Oc1ccccc1. The normalized spacial score (nSPS) is 18.5. The summed E-state index contributed by atoms with van der Waals surface area (Å²) < 4.78 is 18.6. The summed E-state index contributed by atoms with van der Waals surface area (Å²) in [4.78, 5) is 10.6. The molecule has 2 rings (SSSR count). The first kappa shape index (κ1) is 17.0. The molecule has 1 aliphatic carbocycles. The maximum atomic E-state index is 13.0. The number of carboxylic acid groups (broad SMARTS) is 1. The predicted molar refractivity (Wildman–Crippen MR) is 84.9 cm³/mol. The van der Waals surface area contributed by atoms with Gasteiger partial charge in [-0.05, 0) is 25.0 Å². The minimum Gasteiger partial charge on any atom is -0.481 e. The first-order valence-corrected chi connectivity index (χ1v) is 9.29. The molecular formula is C15H23N2O4P. The van der Waals surface area contributed by atoms with Crippen molar-refractivity contribution in [2.24, 2.45) is 0 Å². The Hall–Kier alpha value is -1.36. The van der Waals surface area contributed by atoms with Gasteiger partial charge in [-0.2, -0.15) is 0 Å². The molecule has 1 fully saturated rings. The molecule has 7 heteroatoms. The Balaban J connectivity index is 2.01. The zero-order valence-corrected chi connectivity index (χ0v) is 13.4. The Labute approximate surface area is 130 Å². The lowest BCUT2D eigenvalue weighted by Crippen LogP contribution is -2.36. The summed E-state index contributed by atoms with van der Waals surface area (Å²) in [5, 5.41) is 14.6. The van der Waals surface area contributed by atoms with Gasteiger partial charge in [0.25, 0.3) is 0 Å². The molecule has 1 atom stereocenters. The highest BCUT2D eigenvalue weighted by Gasteiger charge is 2.29. The number of carbonyl (C=O) groups is 1. The molecule has 6 nitrogen and oxygen atoms in total. The predicted octanol–water partition coefficient (Wildman–Crippen LogP) is 3.16. The zero-order valence-electron chi connectivity index (χ0n) is 12.5. The number of hydrogen-bond donors (Lipinski definition) is 3. The highest BCUT2D eigenvalue weighted by Crippen LogP contribution is 2.40. The molecule has 0 aliphatic heterocycles. The van der Waals surface area contributed by atoms with Crippen LogP contribution in [0.5, 0.6) is 5.75 Å². The van der Waals surface area contributed by atoms with Crippen molar-refractivity contribution in [3.8, 4) is 5.75 Å². The first-order valence-electron chi connectivity index (χ1n) is 7.67. The lowest BCUT2D eigenvalue weighted by Gasteiger charge is -2.28. The molecule has 0 spiro atoms. The summed E-state index contributed by atoms with van der Waals surface area (Å²) >= 11 is 0. The third kappa shape index (κ3) is 5.79. The number of para-hydroxylation sites is 1. The van der Waals surface area contributed by atoms with E-state index in [2.05, 4.69) is 10.2 Å². The standard InChI is InChI=1S/C15H23N2O4P/c18-15(19)11-12-16-22(20,17-13-7-3-1-4-8-13)21-14-9-5-2-6-10-14/h2,5-6,9-10,13H,1,3-4,7-8,11-12H2,(H,18,19)(H2,16,17,20). The van der Waals surface area contributed by atoms with Gasteiger partial charge in [0.2, 0.25) is 0 Å². The third-order valence-corrected chi connectivity index (χ3v) is 5.41. The molecule has 1 aromatic carbocycles. The quantitative estimate of drug-likeness (QED) is 0.636. The Morgan fingerprint density at radius 2 is 1.91 bits per heavy atom. The van der Waals surface area contributed by atoms with E-state index in [1.165, 1.54) is 6.42 Å². The van der Waals surface area contributed by atoms with Crippen LogP contribution in [0.1, 0.15) is 38.5 Å². The molecule has 0 heterocycles. The van der Waals surface area contributed by atoms with E-state index in [0.717, 1.165) is 25.7 Å². The van der Waals surface area contributed by atoms with Gasteiger partial charge < -0.3 is 9.63 Å². The van der Waals surface area contributed by atoms with Crippen LogP contribution in [0.2, 0.25) is 0 Å². The molecule has 0 saturated heterocycles. The number of rotatable bonds is 8. The van der Waals surface area contributed by atoms with Crippen molar-refractivity contribution < 1.29 is 19.0 Å². The monoisotopic (exact) mass is 326 g/mol. The van der Waals surface area contributed by atoms with Gasteiger partial charge in [0.1, 0.15) is 5.75 Å². The van der Waals surface area contributed by atoms with Gasteiger partial charge >= 0.3 is 13.6 Å². The van der Waals surface area contributed by atoms with Gasteiger partial charge in [-0.25, -0.2) is 14.7 Å². The van der Waals surface area contributed by atoms with Crippen LogP contribution >= 0.6 is 7.67 Å². The van der Waals surface area contributed by atoms with Crippen molar-refractivity contribution in [1.82, 2.24) is 10.2 Å². The van der Waals surface area contributed by atoms with Crippen LogP contribution in [-0.4, -0.2) is 23.7 Å². The number of hydrogen-bond acceptors (Lipinski definition) is 3. The van der Waals surface area contributed by atoms with Crippen LogP contribution in [0, 0.1) is 0 Å².